The van der Waals surface area contributed by atoms with E-state index in [-0.39, 0.29) is 5.91 Å². The summed E-state index contributed by atoms with van der Waals surface area (Å²) in [7, 11) is 0. The lowest BCUT2D eigenvalue weighted by Crippen LogP contribution is -2.39. The Kier molecular flexibility index (Phi) is 4.02. The van der Waals surface area contributed by atoms with Gasteiger partial charge in [0.05, 0.1) is 11.3 Å². The normalized spacial score (nSPS) is 25.2. The number of nitrogens with zero attached hydrogens (tertiary/aromatic N) is 3. The SMILES string of the molecule is CCCn1nc(C)c(C(=O)N2CCC3CCC(C2)N3)c1C. The maximum absolute atomic E-state index is 12.9. The Balaban J connectivity index is 1.81. The van der Waals surface area contributed by atoms with Gasteiger partial charge in [-0.3, -0.25) is 9.48 Å². The first-order valence-corrected chi connectivity index (χ1v) is 8.19. The maximum Gasteiger partial charge on any atom is 0.257 e. The van der Waals surface area contributed by atoms with Crippen molar-refractivity contribution in [2.24, 2.45) is 0 Å². The van der Waals surface area contributed by atoms with E-state index in [4.69, 9.17) is 0 Å². The van der Waals surface area contributed by atoms with Crippen LogP contribution in [-0.4, -0.2) is 45.8 Å². The monoisotopic (exact) mass is 290 g/mol. The van der Waals surface area contributed by atoms with Gasteiger partial charge in [-0.05, 0) is 39.5 Å². The lowest BCUT2D eigenvalue weighted by Gasteiger charge is -2.24. The number of amides is 1. The summed E-state index contributed by atoms with van der Waals surface area (Å²) >= 11 is 0. The molecule has 2 fully saturated rings. The fourth-order valence-electron chi connectivity index (χ4n) is 3.72. The molecule has 2 bridgehead atoms. The Hall–Kier alpha value is -1.36. The number of fused-ring (bicyclic) bond motifs is 2. The zero-order valence-electron chi connectivity index (χ0n) is 13.4. The molecule has 1 amide bonds. The molecule has 2 unspecified atom stereocenters. The van der Waals surface area contributed by atoms with Gasteiger partial charge in [0.25, 0.3) is 5.91 Å². The van der Waals surface area contributed by atoms with Crippen molar-refractivity contribution in [3.05, 3.63) is 17.0 Å². The fourth-order valence-corrected chi connectivity index (χ4v) is 3.72. The highest BCUT2D eigenvalue weighted by molar-refractivity contribution is 5.96. The number of nitrogens with one attached hydrogen (secondary N) is 1. The molecule has 3 rings (SSSR count). The second kappa shape index (κ2) is 5.79. The molecule has 1 aromatic heterocycles. The minimum absolute atomic E-state index is 0.168. The summed E-state index contributed by atoms with van der Waals surface area (Å²) in [5.74, 6) is 0.168. The molecule has 0 spiro atoms. The summed E-state index contributed by atoms with van der Waals surface area (Å²) in [6, 6.07) is 1.09. The first-order chi connectivity index (χ1) is 10.1. The van der Waals surface area contributed by atoms with Crippen molar-refractivity contribution in [2.45, 2.75) is 65.1 Å². The Labute approximate surface area is 126 Å². The van der Waals surface area contributed by atoms with Crippen LogP contribution in [0.1, 0.15) is 54.4 Å². The number of aromatic nitrogens is 2. The summed E-state index contributed by atoms with van der Waals surface area (Å²) < 4.78 is 1.98. The van der Waals surface area contributed by atoms with Crippen LogP contribution in [0.2, 0.25) is 0 Å². The van der Waals surface area contributed by atoms with Crippen LogP contribution in [0.4, 0.5) is 0 Å². The van der Waals surface area contributed by atoms with Gasteiger partial charge in [-0.1, -0.05) is 6.92 Å². The van der Waals surface area contributed by atoms with E-state index in [9.17, 15) is 4.79 Å². The van der Waals surface area contributed by atoms with Gasteiger partial charge in [-0.2, -0.15) is 5.10 Å². The van der Waals surface area contributed by atoms with E-state index >= 15 is 0 Å². The average molecular weight is 290 g/mol. The highest BCUT2D eigenvalue weighted by Crippen LogP contribution is 2.23. The molecule has 116 valence electrons. The van der Waals surface area contributed by atoms with Crippen LogP contribution in [-0.2, 0) is 6.54 Å². The second-order valence-corrected chi connectivity index (χ2v) is 6.45. The number of aryl methyl sites for hydroxylation is 2. The van der Waals surface area contributed by atoms with E-state index in [0.717, 1.165) is 49.4 Å². The third-order valence-electron chi connectivity index (χ3n) is 4.84. The summed E-state index contributed by atoms with van der Waals surface area (Å²) in [6.07, 6.45) is 4.57. The third-order valence-corrected chi connectivity index (χ3v) is 4.84. The molecule has 0 radical (unpaired) electrons. The fraction of sp³-hybridized carbons (Fsp3) is 0.750. The standard InChI is InChI=1S/C16H26N4O/c1-4-8-20-12(3)15(11(2)18-20)16(21)19-9-7-13-5-6-14(10-19)17-13/h13-14,17H,4-10H2,1-3H3. The quantitative estimate of drug-likeness (QED) is 0.924. The zero-order valence-corrected chi connectivity index (χ0v) is 13.4. The van der Waals surface area contributed by atoms with Gasteiger partial charge < -0.3 is 10.2 Å². The van der Waals surface area contributed by atoms with Gasteiger partial charge in [0.1, 0.15) is 0 Å². The molecule has 21 heavy (non-hydrogen) atoms. The Morgan fingerprint density at radius 1 is 1.29 bits per heavy atom. The highest BCUT2D eigenvalue weighted by Gasteiger charge is 2.33. The lowest BCUT2D eigenvalue weighted by atomic mass is 10.1. The molecule has 0 aliphatic carbocycles. The van der Waals surface area contributed by atoms with Crippen molar-refractivity contribution in [2.75, 3.05) is 13.1 Å². The summed E-state index contributed by atoms with van der Waals surface area (Å²) in [4.78, 5) is 15.0. The molecule has 0 aromatic carbocycles. The van der Waals surface area contributed by atoms with Crippen molar-refractivity contribution in [3.63, 3.8) is 0 Å². The molecule has 3 heterocycles. The van der Waals surface area contributed by atoms with Crippen molar-refractivity contribution < 1.29 is 4.79 Å². The van der Waals surface area contributed by atoms with Crippen LogP contribution in [0.5, 0.6) is 0 Å². The van der Waals surface area contributed by atoms with Crippen LogP contribution in [0.15, 0.2) is 0 Å². The average Bonchev–Trinajstić information content (AvgIpc) is 2.90. The van der Waals surface area contributed by atoms with Gasteiger partial charge in [0.2, 0.25) is 0 Å². The lowest BCUT2D eigenvalue weighted by molar-refractivity contribution is 0.0746. The zero-order chi connectivity index (χ0) is 15.0. The van der Waals surface area contributed by atoms with Gasteiger partial charge >= 0.3 is 0 Å². The maximum atomic E-state index is 12.9. The molecule has 2 atom stereocenters. The number of rotatable bonds is 3. The smallest absolute Gasteiger partial charge is 0.257 e. The van der Waals surface area contributed by atoms with Crippen molar-refractivity contribution in [3.8, 4) is 0 Å². The summed E-state index contributed by atoms with van der Waals surface area (Å²) in [6.45, 7) is 8.69. The largest absolute Gasteiger partial charge is 0.337 e. The van der Waals surface area contributed by atoms with E-state index < -0.39 is 0 Å². The van der Waals surface area contributed by atoms with Crippen LogP contribution in [0.25, 0.3) is 0 Å². The number of hydrogen-bond donors (Lipinski definition) is 1. The first kappa shape index (κ1) is 14.6. The van der Waals surface area contributed by atoms with Gasteiger partial charge in [0, 0.05) is 37.4 Å². The molecule has 5 heteroatoms. The molecule has 1 N–H and O–H groups in total. The highest BCUT2D eigenvalue weighted by atomic mass is 16.2. The summed E-state index contributed by atoms with van der Waals surface area (Å²) in [5, 5.41) is 8.17. The second-order valence-electron chi connectivity index (χ2n) is 6.45. The predicted octanol–water partition coefficient (Wildman–Crippen LogP) is 1.88. The van der Waals surface area contributed by atoms with Crippen LogP contribution in [0, 0.1) is 13.8 Å². The number of carbonyl (C=O) groups excluding carboxylic acids is 1. The van der Waals surface area contributed by atoms with Crippen molar-refractivity contribution >= 4 is 5.91 Å². The first-order valence-electron chi connectivity index (χ1n) is 8.19. The molecular formula is C16H26N4O. The number of likely N-dealkylation sites (tertiary alicyclic amines) is 1. The molecule has 2 saturated heterocycles. The van der Waals surface area contributed by atoms with Crippen molar-refractivity contribution in [1.82, 2.24) is 20.0 Å². The van der Waals surface area contributed by atoms with Gasteiger partial charge in [0.15, 0.2) is 0 Å². The predicted molar refractivity (Wildman–Crippen MR) is 82.5 cm³/mol. The molecule has 1 aromatic rings. The third kappa shape index (κ3) is 2.71. The Morgan fingerprint density at radius 3 is 2.81 bits per heavy atom. The van der Waals surface area contributed by atoms with Crippen LogP contribution >= 0.6 is 0 Å². The molecule has 2 aliphatic rings. The molecule has 0 saturated carbocycles. The Bertz CT molecular complexity index is 537. The minimum Gasteiger partial charge on any atom is -0.337 e. The van der Waals surface area contributed by atoms with Crippen LogP contribution in [0.3, 0.4) is 0 Å². The summed E-state index contributed by atoms with van der Waals surface area (Å²) in [5.41, 5.74) is 2.70. The van der Waals surface area contributed by atoms with E-state index in [1.54, 1.807) is 0 Å². The molecule has 5 nitrogen and oxygen atoms in total. The van der Waals surface area contributed by atoms with E-state index in [1.807, 2.05) is 23.4 Å². The number of carbonyl (C=O) groups is 1. The molecule has 2 aliphatic heterocycles. The topological polar surface area (TPSA) is 50.2 Å². The van der Waals surface area contributed by atoms with Gasteiger partial charge in [-0.15, -0.1) is 0 Å². The Morgan fingerprint density at radius 2 is 2.05 bits per heavy atom. The number of hydrogen-bond acceptors (Lipinski definition) is 3. The van der Waals surface area contributed by atoms with E-state index in [0.29, 0.717) is 12.1 Å². The minimum atomic E-state index is 0.168. The van der Waals surface area contributed by atoms with Crippen LogP contribution < -0.4 is 5.32 Å². The van der Waals surface area contributed by atoms with Crippen molar-refractivity contribution in [1.29, 1.82) is 0 Å². The molecular weight excluding hydrogens is 264 g/mol. The van der Waals surface area contributed by atoms with Gasteiger partial charge in [-0.25, -0.2) is 0 Å². The van der Waals surface area contributed by atoms with E-state index in [1.165, 1.54) is 12.8 Å². The van der Waals surface area contributed by atoms with E-state index in [2.05, 4.69) is 17.3 Å².